The van der Waals surface area contributed by atoms with Crippen molar-refractivity contribution in [1.29, 1.82) is 0 Å². The first-order chi connectivity index (χ1) is 11.3. The van der Waals surface area contributed by atoms with Crippen LogP contribution in [0.2, 0.25) is 0 Å². The van der Waals surface area contributed by atoms with Crippen LogP contribution in [0.5, 0.6) is 0 Å². The van der Waals surface area contributed by atoms with Crippen molar-refractivity contribution in [3.05, 3.63) is 0 Å². The number of hydrogen-bond acceptors (Lipinski definition) is 4. The number of nitrogens with zero attached hydrogens (tertiary/aromatic N) is 1. The molecule has 0 unspecified atom stereocenters. The van der Waals surface area contributed by atoms with Gasteiger partial charge in [0.25, 0.3) is 0 Å². The van der Waals surface area contributed by atoms with Crippen molar-refractivity contribution in [1.82, 2.24) is 4.90 Å². The average molecular weight is 356 g/mol. The van der Waals surface area contributed by atoms with E-state index in [9.17, 15) is 10.2 Å². The fourth-order valence-electron chi connectivity index (χ4n) is 5.66. The average Bonchev–Trinajstić information content (AvgIpc) is 2.37. The highest BCUT2D eigenvalue weighted by Crippen LogP contribution is 2.40. The van der Waals surface area contributed by atoms with Crippen LogP contribution in [-0.4, -0.2) is 57.7 Å². The van der Waals surface area contributed by atoms with Gasteiger partial charge >= 0.3 is 0 Å². The fourth-order valence-corrected chi connectivity index (χ4v) is 5.66. The Morgan fingerprint density at radius 3 is 2.08 bits per heavy atom. The summed E-state index contributed by atoms with van der Waals surface area (Å²) in [6.07, 6.45) is 4.44. The summed E-state index contributed by atoms with van der Waals surface area (Å²) in [5.74, 6) is 0.687. The summed E-state index contributed by atoms with van der Waals surface area (Å²) < 4.78 is 6.12. The molecule has 4 heteroatoms. The van der Waals surface area contributed by atoms with Crippen LogP contribution in [-0.2, 0) is 4.74 Å². The Morgan fingerprint density at radius 1 is 1.00 bits per heavy atom. The lowest BCUT2D eigenvalue weighted by atomic mass is 9.71. The zero-order chi connectivity index (χ0) is 19.0. The predicted molar refractivity (Wildman–Crippen MR) is 103 cm³/mol. The summed E-state index contributed by atoms with van der Waals surface area (Å²) in [5.41, 5.74) is 0.0905. The molecule has 4 nitrogen and oxygen atoms in total. The van der Waals surface area contributed by atoms with Crippen LogP contribution in [0.4, 0.5) is 0 Å². The molecule has 1 aliphatic heterocycles. The lowest BCUT2D eigenvalue weighted by Crippen LogP contribution is -2.63. The molecule has 0 amide bonds. The zero-order valence-electron chi connectivity index (χ0n) is 17.5. The lowest BCUT2D eigenvalue weighted by Gasteiger charge is -2.55. The summed E-state index contributed by atoms with van der Waals surface area (Å²) >= 11 is 0. The van der Waals surface area contributed by atoms with Gasteiger partial charge in [-0.2, -0.15) is 0 Å². The third-order valence-corrected chi connectivity index (χ3v) is 6.20. The Kier molecular flexibility index (Phi) is 6.31. The molecule has 0 radical (unpaired) electrons. The normalized spacial score (nSPS) is 34.0. The number of rotatable bonds is 5. The topological polar surface area (TPSA) is 52.9 Å². The number of hydrogen-bond donors (Lipinski definition) is 2. The maximum Gasteiger partial charge on any atom is 0.0900 e. The first kappa shape index (κ1) is 21.1. The van der Waals surface area contributed by atoms with Crippen molar-refractivity contribution in [3.8, 4) is 0 Å². The minimum absolute atomic E-state index is 0.122. The third kappa shape index (κ3) is 5.66. The molecule has 2 aliphatic rings. The highest BCUT2D eigenvalue weighted by molar-refractivity contribution is 5.00. The number of aliphatic hydroxyl groups is 2. The van der Waals surface area contributed by atoms with Gasteiger partial charge in [0.15, 0.2) is 0 Å². The van der Waals surface area contributed by atoms with E-state index in [2.05, 4.69) is 53.4 Å². The number of likely N-dealkylation sites (tertiary alicyclic amines) is 1. The van der Waals surface area contributed by atoms with Crippen LogP contribution in [0, 0.1) is 11.3 Å². The van der Waals surface area contributed by atoms with Gasteiger partial charge in [0.1, 0.15) is 0 Å². The number of β-amino-alcohol motifs (C(OH)–C–C–N with tert-alkyl or cyclic N) is 1. The van der Waals surface area contributed by atoms with Crippen LogP contribution in [0.25, 0.3) is 0 Å². The quantitative estimate of drug-likeness (QED) is 0.791. The van der Waals surface area contributed by atoms with Crippen molar-refractivity contribution in [3.63, 3.8) is 0 Å². The maximum absolute atomic E-state index is 10.6. The van der Waals surface area contributed by atoms with Gasteiger partial charge in [-0.15, -0.1) is 0 Å². The van der Waals surface area contributed by atoms with Gasteiger partial charge < -0.3 is 14.9 Å². The van der Waals surface area contributed by atoms with Crippen LogP contribution >= 0.6 is 0 Å². The molecule has 2 N–H and O–H groups in total. The van der Waals surface area contributed by atoms with Gasteiger partial charge in [-0.3, -0.25) is 4.90 Å². The van der Waals surface area contributed by atoms with E-state index >= 15 is 0 Å². The second-order valence-corrected chi connectivity index (χ2v) is 10.8. The second kappa shape index (κ2) is 7.46. The molecule has 0 bridgehead atoms. The molecule has 25 heavy (non-hydrogen) atoms. The molecule has 1 saturated carbocycles. The van der Waals surface area contributed by atoms with Gasteiger partial charge in [0.2, 0.25) is 0 Å². The maximum atomic E-state index is 10.6. The van der Waals surface area contributed by atoms with Crippen molar-refractivity contribution >= 4 is 0 Å². The van der Waals surface area contributed by atoms with E-state index in [-0.39, 0.29) is 23.3 Å². The summed E-state index contributed by atoms with van der Waals surface area (Å²) in [6.45, 7) is 16.6. The largest absolute Gasteiger partial charge is 0.393 e. The summed E-state index contributed by atoms with van der Waals surface area (Å²) in [6, 6.07) is 0. The minimum atomic E-state index is -0.492. The Hall–Kier alpha value is -0.160. The van der Waals surface area contributed by atoms with Crippen molar-refractivity contribution in [2.24, 2.45) is 11.3 Å². The molecule has 1 saturated heterocycles. The van der Waals surface area contributed by atoms with E-state index < -0.39 is 6.10 Å². The Balaban J connectivity index is 1.90. The highest BCUT2D eigenvalue weighted by Gasteiger charge is 2.45. The molecule has 2 fully saturated rings. The van der Waals surface area contributed by atoms with Crippen LogP contribution in [0.1, 0.15) is 80.6 Å². The molecule has 1 aliphatic carbocycles. The first-order valence-electron chi connectivity index (χ1n) is 10.1. The molecule has 0 aromatic carbocycles. The van der Waals surface area contributed by atoms with Gasteiger partial charge in [-0.05, 0) is 71.1 Å². The van der Waals surface area contributed by atoms with Gasteiger partial charge in [0.05, 0.1) is 24.9 Å². The first-order valence-corrected chi connectivity index (χ1v) is 10.1. The minimum Gasteiger partial charge on any atom is -0.393 e. The predicted octanol–water partition coefficient (Wildman–Crippen LogP) is 3.59. The van der Waals surface area contributed by atoms with Crippen molar-refractivity contribution in [2.45, 2.75) is 110 Å². The summed E-state index contributed by atoms with van der Waals surface area (Å²) in [7, 11) is 0. The van der Waals surface area contributed by atoms with E-state index in [1.807, 2.05) is 0 Å². The molecule has 2 rings (SSSR count). The molecule has 0 aromatic heterocycles. The number of piperidine rings is 1. The van der Waals surface area contributed by atoms with Gasteiger partial charge in [0, 0.05) is 17.6 Å². The van der Waals surface area contributed by atoms with E-state index in [1.54, 1.807) is 0 Å². The van der Waals surface area contributed by atoms with Crippen LogP contribution in [0.3, 0.4) is 0 Å². The number of aliphatic hydroxyl groups excluding tert-OH is 2. The van der Waals surface area contributed by atoms with E-state index in [0.29, 0.717) is 24.5 Å². The lowest BCUT2D eigenvalue weighted by molar-refractivity contribution is -0.114. The summed E-state index contributed by atoms with van der Waals surface area (Å²) in [4.78, 5) is 2.36. The van der Waals surface area contributed by atoms with Crippen LogP contribution < -0.4 is 0 Å². The van der Waals surface area contributed by atoms with Crippen molar-refractivity contribution < 1.29 is 14.9 Å². The molecule has 1 heterocycles. The molecule has 0 aromatic rings. The molecular weight excluding hydrogens is 314 g/mol. The molecule has 148 valence electrons. The van der Waals surface area contributed by atoms with Gasteiger partial charge in [-0.1, -0.05) is 20.8 Å². The van der Waals surface area contributed by atoms with Crippen molar-refractivity contribution in [2.75, 3.05) is 13.2 Å². The molecule has 3 atom stereocenters. The second-order valence-electron chi connectivity index (χ2n) is 10.8. The summed E-state index contributed by atoms with van der Waals surface area (Å²) in [5, 5.41) is 20.8. The Bertz CT molecular complexity index is 428. The SMILES string of the molecule is C[C@H]1C[C@@H](OC[C@H](O)CN2C(C)(C)CC(O)CC2(C)C)CC(C)(C)C1. The van der Waals surface area contributed by atoms with Crippen LogP contribution in [0.15, 0.2) is 0 Å². The monoisotopic (exact) mass is 355 g/mol. The zero-order valence-corrected chi connectivity index (χ0v) is 17.5. The Morgan fingerprint density at radius 2 is 1.56 bits per heavy atom. The van der Waals surface area contributed by atoms with E-state index in [4.69, 9.17) is 4.74 Å². The molecular formula is C21H41NO3. The highest BCUT2D eigenvalue weighted by atomic mass is 16.5. The fraction of sp³-hybridized carbons (Fsp3) is 1.00. The molecule has 0 spiro atoms. The van der Waals surface area contributed by atoms with Gasteiger partial charge in [-0.25, -0.2) is 0 Å². The smallest absolute Gasteiger partial charge is 0.0900 e. The standard InChI is InChI=1S/C21H41NO3/c1-15-8-18(12-19(2,3)9-15)25-14-17(24)13-22-20(4,5)10-16(23)11-21(22,6)7/h15-18,23-24H,8-14H2,1-7H3/t15-,17+,18+/m0/s1. The third-order valence-electron chi connectivity index (χ3n) is 6.20. The number of ether oxygens (including phenoxy) is 1. The Labute approximate surface area is 154 Å². The van der Waals surface area contributed by atoms with E-state index in [1.165, 1.54) is 6.42 Å². The van der Waals surface area contributed by atoms with E-state index in [0.717, 1.165) is 25.7 Å².